The van der Waals surface area contributed by atoms with Crippen molar-refractivity contribution in [1.29, 1.82) is 5.26 Å². The molecule has 0 aliphatic heterocycles. The summed E-state index contributed by atoms with van der Waals surface area (Å²) in [5.41, 5.74) is 2.46. The van der Waals surface area contributed by atoms with Crippen molar-refractivity contribution in [2.24, 2.45) is 0 Å². The Kier molecular flexibility index (Phi) is 4.94. The monoisotopic (exact) mass is 380 g/mol. The van der Waals surface area contributed by atoms with Gasteiger partial charge in [-0.3, -0.25) is 0 Å². The molecular weight excluding hydrogens is 372 g/mol. The van der Waals surface area contributed by atoms with Crippen molar-refractivity contribution in [2.75, 3.05) is 0 Å². The van der Waals surface area contributed by atoms with Gasteiger partial charge in [0, 0.05) is 16.0 Å². The van der Waals surface area contributed by atoms with Crippen molar-refractivity contribution >= 4 is 31.9 Å². The lowest BCUT2D eigenvalue weighted by Gasteiger charge is -2.08. The molecule has 2 aromatic rings. The summed E-state index contributed by atoms with van der Waals surface area (Å²) in [6.07, 6.45) is 1.61. The molecule has 2 rings (SSSR count). The quantitative estimate of drug-likeness (QED) is 0.746. The van der Waals surface area contributed by atoms with E-state index in [-0.39, 0.29) is 0 Å². The molecular formula is C14H10Br2N2O. The highest BCUT2D eigenvalue weighted by Gasteiger charge is 2.02. The van der Waals surface area contributed by atoms with Crippen LogP contribution in [0.15, 0.2) is 41.0 Å². The van der Waals surface area contributed by atoms with Crippen molar-refractivity contribution in [3.63, 3.8) is 0 Å². The van der Waals surface area contributed by atoms with Crippen molar-refractivity contribution < 1.29 is 4.74 Å². The van der Waals surface area contributed by atoms with Crippen LogP contribution in [0.4, 0.5) is 0 Å². The molecule has 19 heavy (non-hydrogen) atoms. The van der Waals surface area contributed by atoms with Gasteiger partial charge in [0.25, 0.3) is 0 Å². The van der Waals surface area contributed by atoms with Gasteiger partial charge in [-0.05, 0) is 41.5 Å². The minimum absolute atomic E-state index is 0.401. The number of benzene rings is 1. The minimum Gasteiger partial charge on any atom is -0.489 e. The summed E-state index contributed by atoms with van der Waals surface area (Å²) in [5, 5.41) is 9.54. The molecule has 0 aliphatic rings. The molecule has 0 atom stereocenters. The number of halogens is 2. The Labute approximate surface area is 128 Å². The van der Waals surface area contributed by atoms with Gasteiger partial charge in [0.15, 0.2) is 0 Å². The maximum atomic E-state index is 8.78. The Morgan fingerprint density at radius 2 is 2.11 bits per heavy atom. The molecule has 0 aliphatic carbocycles. The molecule has 0 N–H and O–H groups in total. The van der Waals surface area contributed by atoms with E-state index in [1.807, 2.05) is 30.3 Å². The summed E-state index contributed by atoms with van der Waals surface area (Å²) in [7, 11) is 0. The van der Waals surface area contributed by atoms with E-state index < -0.39 is 0 Å². The Hall–Kier alpha value is -1.38. The highest BCUT2D eigenvalue weighted by molar-refractivity contribution is 9.10. The van der Waals surface area contributed by atoms with Gasteiger partial charge < -0.3 is 4.74 Å². The fraction of sp³-hybridized carbons (Fsp3) is 0.143. The zero-order valence-corrected chi connectivity index (χ0v) is 13.1. The first-order valence-corrected chi connectivity index (χ1v) is 7.46. The van der Waals surface area contributed by atoms with Gasteiger partial charge in [-0.1, -0.05) is 31.9 Å². The van der Waals surface area contributed by atoms with Gasteiger partial charge in [0.05, 0.1) is 0 Å². The van der Waals surface area contributed by atoms with Crippen LogP contribution in [0.5, 0.6) is 5.75 Å². The van der Waals surface area contributed by atoms with Crippen molar-refractivity contribution in [2.45, 2.75) is 11.9 Å². The summed E-state index contributed by atoms with van der Waals surface area (Å²) in [6.45, 7) is 0.417. The molecule has 0 fully saturated rings. The maximum absolute atomic E-state index is 8.78. The van der Waals surface area contributed by atoms with E-state index in [0.717, 1.165) is 26.7 Å². The molecule has 0 amide bonds. The molecule has 0 radical (unpaired) electrons. The van der Waals surface area contributed by atoms with Crippen LogP contribution in [0.3, 0.4) is 0 Å². The van der Waals surface area contributed by atoms with Crippen molar-refractivity contribution in [3.8, 4) is 11.8 Å². The van der Waals surface area contributed by atoms with E-state index in [4.69, 9.17) is 10.00 Å². The number of pyridine rings is 1. The first-order chi connectivity index (χ1) is 9.22. The zero-order valence-electron chi connectivity index (χ0n) is 9.94. The number of nitrogens with zero attached hydrogens (tertiary/aromatic N) is 2. The predicted octanol–water partition coefficient (Wildman–Crippen LogP) is 4.19. The van der Waals surface area contributed by atoms with Crippen molar-refractivity contribution in [3.05, 3.63) is 57.8 Å². The third-order valence-electron chi connectivity index (χ3n) is 2.51. The molecule has 0 spiro atoms. The summed E-state index contributed by atoms with van der Waals surface area (Å²) in [5.74, 6) is 0.799. The smallest absolute Gasteiger partial charge is 0.140 e. The maximum Gasteiger partial charge on any atom is 0.140 e. The molecule has 96 valence electrons. The van der Waals surface area contributed by atoms with Crippen molar-refractivity contribution in [1.82, 2.24) is 4.98 Å². The summed E-state index contributed by atoms with van der Waals surface area (Å²) < 4.78 is 6.76. The number of nitriles is 1. The third-order valence-corrected chi connectivity index (χ3v) is 3.88. The van der Waals surface area contributed by atoms with Gasteiger partial charge in [0.2, 0.25) is 0 Å². The molecule has 1 aromatic heterocycles. The number of rotatable bonds is 4. The summed E-state index contributed by atoms with van der Waals surface area (Å²) >= 11 is 6.90. The fourth-order valence-corrected chi connectivity index (χ4v) is 2.76. The van der Waals surface area contributed by atoms with Gasteiger partial charge in [-0.15, -0.1) is 0 Å². The topological polar surface area (TPSA) is 45.9 Å². The van der Waals surface area contributed by atoms with Gasteiger partial charge in [0.1, 0.15) is 24.1 Å². The first kappa shape index (κ1) is 14.0. The first-order valence-electron chi connectivity index (χ1n) is 5.55. The molecule has 3 nitrogen and oxygen atoms in total. The van der Waals surface area contributed by atoms with Gasteiger partial charge in [-0.2, -0.15) is 5.26 Å². The van der Waals surface area contributed by atoms with Crippen LogP contribution in [-0.4, -0.2) is 4.98 Å². The molecule has 0 unspecified atom stereocenters. The second-order valence-electron chi connectivity index (χ2n) is 3.84. The van der Waals surface area contributed by atoms with Crippen LogP contribution in [0.1, 0.15) is 16.8 Å². The van der Waals surface area contributed by atoms with Crippen LogP contribution < -0.4 is 4.74 Å². The van der Waals surface area contributed by atoms with E-state index in [1.54, 1.807) is 12.3 Å². The van der Waals surface area contributed by atoms with E-state index in [9.17, 15) is 0 Å². The number of ether oxygens (including phenoxy) is 1. The number of hydrogen-bond acceptors (Lipinski definition) is 3. The van der Waals surface area contributed by atoms with Crippen LogP contribution >= 0.6 is 31.9 Å². The summed E-state index contributed by atoms with van der Waals surface area (Å²) in [6, 6.07) is 11.4. The van der Waals surface area contributed by atoms with Gasteiger partial charge in [-0.25, -0.2) is 4.98 Å². The Bertz CT molecular complexity index is 623. The van der Waals surface area contributed by atoms with Crippen LogP contribution in [-0.2, 0) is 11.9 Å². The lowest BCUT2D eigenvalue weighted by atomic mass is 10.2. The molecule has 0 bridgehead atoms. The highest BCUT2D eigenvalue weighted by atomic mass is 79.9. The zero-order chi connectivity index (χ0) is 13.7. The molecule has 1 aromatic carbocycles. The van der Waals surface area contributed by atoms with E-state index >= 15 is 0 Å². The molecule has 0 saturated heterocycles. The average Bonchev–Trinajstić information content (AvgIpc) is 2.46. The second-order valence-corrected chi connectivity index (χ2v) is 5.25. The Morgan fingerprint density at radius 1 is 1.26 bits per heavy atom. The molecule has 5 heteroatoms. The summed E-state index contributed by atoms with van der Waals surface area (Å²) in [4.78, 5) is 3.92. The number of alkyl halides is 1. The minimum atomic E-state index is 0.401. The number of hydrogen-bond donors (Lipinski definition) is 0. The highest BCUT2D eigenvalue weighted by Crippen LogP contribution is 2.25. The largest absolute Gasteiger partial charge is 0.489 e. The second kappa shape index (κ2) is 6.69. The lowest BCUT2D eigenvalue weighted by molar-refractivity contribution is 0.306. The van der Waals surface area contributed by atoms with Gasteiger partial charge >= 0.3 is 0 Å². The third kappa shape index (κ3) is 3.79. The van der Waals surface area contributed by atoms with Crippen LogP contribution in [0.25, 0.3) is 0 Å². The lowest BCUT2D eigenvalue weighted by Crippen LogP contribution is -1.97. The van der Waals surface area contributed by atoms with E-state index in [2.05, 4.69) is 36.8 Å². The molecule has 1 heterocycles. The van der Waals surface area contributed by atoms with Crippen LogP contribution in [0, 0.1) is 11.3 Å². The SMILES string of the molecule is N#Cc1cc(COc2ccc(Br)c(CBr)c2)ccn1. The van der Waals surface area contributed by atoms with E-state index in [1.165, 1.54) is 0 Å². The van der Waals surface area contributed by atoms with Crippen LogP contribution in [0.2, 0.25) is 0 Å². The molecule has 0 saturated carbocycles. The fourth-order valence-electron chi connectivity index (χ4n) is 1.54. The predicted molar refractivity (Wildman–Crippen MR) is 80.1 cm³/mol. The Morgan fingerprint density at radius 3 is 2.84 bits per heavy atom. The standard InChI is InChI=1S/C14H10Br2N2O/c15-7-11-6-13(1-2-14(11)16)19-9-10-3-4-18-12(5-10)8-17/h1-6H,7,9H2. The van der Waals surface area contributed by atoms with E-state index in [0.29, 0.717) is 12.3 Å². The Balaban J connectivity index is 2.08. The normalized spacial score (nSPS) is 9.95. The number of aromatic nitrogens is 1. The average molecular weight is 382 g/mol.